The van der Waals surface area contributed by atoms with Crippen LogP contribution in [-0.4, -0.2) is 29.9 Å². The predicted molar refractivity (Wildman–Crippen MR) is 85.0 cm³/mol. The van der Waals surface area contributed by atoms with E-state index in [0.29, 0.717) is 5.56 Å². The van der Waals surface area contributed by atoms with Crippen molar-refractivity contribution in [3.8, 4) is 0 Å². The summed E-state index contributed by atoms with van der Waals surface area (Å²) in [6, 6.07) is 5.86. The second kappa shape index (κ2) is 7.02. The summed E-state index contributed by atoms with van der Waals surface area (Å²) in [7, 11) is 0. The lowest BCUT2D eigenvalue weighted by molar-refractivity contribution is 0.0694. The van der Waals surface area contributed by atoms with E-state index in [4.69, 9.17) is 0 Å². The Morgan fingerprint density at radius 2 is 2.15 bits per heavy atom. The number of anilines is 1. The Morgan fingerprint density at radius 1 is 1.40 bits per heavy atom. The summed E-state index contributed by atoms with van der Waals surface area (Å²) in [5.74, 6) is 0.833. The van der Waals surface area contributed by atoms with Gasteiger partial charge in [0.25, 0.3) is 0 Å². The highest BCUT2D eigenvalue weighted by atomic mass is 32.2. The van der Waals surface area contributed by atoms with Crippen LogP contribution in [0.25, 0.3) is 0 Å². The molecule has 0 atom stereocenters. The zero-order chi connectivity index (χ0) is 14.5. The van der Waals surface area contributed by atoms with Crippen molar-refractivity contribution in [2.45, 2.75) is 38.0 Å². The molecule has 0 bridgehead atoms. The summed E-state index contributed by atoms with van der Waals surface area (Å²) in [5.41, 5.74) is 1.37. The fraction of sp³-hybridized carbons (Fsp3) is 0.562. The minimum absolute atomic E-state index is 0.480. The molecule has 3 nitrogen and oxygen atoms in total. The number of rotatable bonds is 8. The number of nitrogens with zero attached hydrogens (tertiary/aromatic N) is 1. The van der Waals surface area contributed by atoms with Crippen LogP contribution in [0.2, 0.25) is 0 Å². The van der Waals surface area contributed by atoms with Crippen LogP contribution in [0.3, 0.4) is 0 Å². The van der Waals surface area contributed by atoms with Gasteiger partial charge in [0.15, 0.2) is 0 Å². The number of benzene rings is 1. The number of carboxylic acids is 1. The van der Waals surface area contributed by atoms with Gasteiger partial charge in [0.05, 0.1) is 11.3 Å². The molecule has 20 heavy (non-hydrogen) atoms. The fourth-order valence-electron chi connectivity index (χ4n) is 2.47. The molecule has 1 fully saturated rings. The Balaban J connectivity index is 2.35. The monoisotopic (exact) mass is 293 g/mol. The Morgan fingerprint density at radius 3 is 2.70 bits per heavy atom. The third-order valence-corrected chi connectivity index (χ3v) is 4.47. The molecule has 4 heteroatoms. The Bertz CT molecular complexity index is 472. The van der Waals surface area contributed by atoms with Crippen LogP contribution in [0.15, 0.2) is 23.1 Å². The summed E-state index contributed by atoms with van der Waals surface area (Å²) in [4.78, 5) is 14.8. The molecule has 0 heterocycles. The van der Waals surface area contributed by atoms with Crippen LogP contribution < -0.4 is 4.90 Å². The summed E-state index contributed by atoms with van der Waals surface area (Å²) in [6.07, 6.45) is 3.61. The molecule has 110 valence electrons. The van der Waals surface area contributed by atoms with Gasteiger partial charge in [-0.25, -0.2) is 4.79 Å². The molecule has 2 rings (SSSR count). The largest absolute Gasteiger partial charge is 0.478 e. The van der Waals surface area contributed by atoms with E-state index in [9.17, 15) is 9.90 Å². The highest BCUT2D eigenvalue weighted by molar-refractivity contribution is 7.99. The van der Waals surface area contributed by atoms with Crippen LogP contribution in [0.1, 0.15) is 43.5 Å². The predicted octanol–water partition coefficient (Wildman–Crippen LogP) is 4.12. The van der Waals surface area contributed by atoms with E-state index >= 15 is 0 Å². The lowest BCUT2D eigenvalue weighted by Crippen LogP contribution is -2.28. The van der Waals surface area contributed by atoms with Crippen molar-refractivity contribution in [3.63, 3.8) is 0 Å². The molecule has 0 spiro atoms. The third kappa shape index (κ3) is 3.69. The first kappa shape index (κ1) is 15.2. The lowest BCUT2D eigenvalue weighted by atomic mass is 10.1. The number of carboxylic acid groups (broad SMARTS) is 1. The smallest absolute Gasteiger partial charge is 0.338 e. The highest BCUT2D eigenvalue weighted by Gasteiger charge is 2.27. The minimum atomic E-state index is -0.812. The van der Waals surface area contributed by atoms with Gasteiger partial charge in [-0.3, -0.25) is 0 Å². The van der Waals surface area contributed by atoms with E-state index in [2.05, 4.69) is 18.7 Å². The van der Waals surface area contributed by atoms with Crippen molar-refractivity contribution in [1.29, 1.82) is 0 Å². The Kier molecular flexibility index (Phi) is 5.35. The molecule has 0 saturated heterocycles. The van der Waals surface area contributed by atoms with Gasteiger partial charge in [-0.2, -0.15) is 0 Å². The maximum absolute atomic E-state index is 11.7. The molecule has 0 aliphatic heterocycles. The van der Waals surface area contributed by atoms with Crippen LogP contribution >= 0.6 is 11.8 Å². The number of carbonyl (C=O) groups is 1. The molecule has 0 unspecified atom stereocenters. The van der Waals surface area contributed by atoms with Gasteiger partial charge in [-0.15, -0.1) is 11.8 Å². The van der Waals surface area contributed by atoms with Crippen molar-refractivity contribution >= 4 is 23.4 Å². The van der Waals surface area contributed by atoms with Crippen LogP contribution in [-0.2, 0) is 0 Å². The SMILES string of the molecule is CCCN(CC1CC1)c1cccc(SCC)c1C(=O)O. The summed E-state index contributed by atoms with van der Waals surface area (Å²) in [6.45, 7) is 6.12. The molecule has 1 saturated carbocycles. The molecule has 1 aromatic rings. The molecule has 0 amide bonds. The zero-order valence-corrected chi connectivity index (χ0v) is 13.1. The van der Waals surface area contributed by atoms with Gasteiger partial charge in [0.2, 0.25) is 0 Å². The molecule has 0 aromatic heterocycles. The molecule has 0 radical (unpaired) electrons. The number of hydrogen-bond donors (Lipinski definition) is 1. The average molecular weight is 293 g/mol. The van der Waals surface area contributed by atoms with Crippen molar-refractivity contribution in [2.75, 3.05) is 23.7 Å². The van der Waals surface area contributed by atoms with Crippen LogP contribution in [0.4, 0.5) is 5.69 Å². The maximum atomic E-state index is 11.7. The number of aromatic carboxylic acids is 1. The highest BCUT2D eigenvalue weighted by Crippen LogP contribution is 2.35. The molecule has 1 aromatic carbocycles. The van der Waals surface area contributed by atoms with Crippen molar-refractivity contribution in [3.05, 3.63) is 23.8 Å². The van der Waals surface area contributed by atoms with Gasteiger partial charge in [-0.1, -0.05) is 19.9 Å². The van der Waals surface area contributed by atoms with Gasteiger partial charge in [-0.05, 0) is 43.1 Å². The minimum Gasteiger partial charge on any atom is -0.478 e. The topological polar surface area (TPSA) is 40.5 Å². The number of thioether (sulfide) groups is 1. The fourth-order valence-corrected chi connectivity index (χ4v) is 3.29. The molecule has 1 aliphatic rings. The summed E-state index contributed by atoms with van der Waals surface area (Å²) >= 11 is 1.61. The summed E-state index contributed by atoms with van der Waals surface area (Å²) in [5, 5.41) is 9.60. The Labute approximate surface area is 125 Å². The van der Waals surface area contributed by atoms with E-state index in [1.807, 2.05) is 18.2 Å². The first-order chi connectivity index (χ1) is 9.67. The van der Waals surface area contributed by atoms with Crippen molar-refractivity contribution in [1.82, 2.24) is 0 Å². The van der Waals surface area contributed by atoms with E-state index in [0.717, 1.165) is 41.8 Å². The van der Waals surface area contributed by atoms with Crippen LogP contribution in [0, 0.1) is 5.92 Å². The first-order valence-corrected chi connectivity index (χ1v) is 8.40. The quantitative estimate of drug-likeness (QED) is 0.732. The van der Waals surface area contributed by atoms with Gasteiger partial charge in [0.1, 0.15) is 0 Å². The van der Waals surface area contributed by atoms with E-state index in [1.165, 1.54) is 12.8 Å². The molecule has 1 aliphatic carbocycles. The van der Waals surface area contributed by atoms with E-state index in [-0.39, 0.29) is 0 Å². The Hall–Kier alpha value is -1.16. The molecule has 1 N–H and O–H groups in total. The third-order valence-electron chi connectivity index (χ3n) is 3.53. The van der Waals surface area contributed by atoms with E-state index < -0.39 is 5.97 Å². The molecular formula is C16H23NO2S. The van der Waals surface area contributed by atoms with Crippen molar-refractivity contribution < 1.29 is 9.90 Å². The van der Waals surface area contributed by atoms with Crippen molar-refractivity contribution in [2.24, 2.45) is 5.92 Å². The van der Waals surface area contributed by atoms with Gasteiger partial charge in [0, 0.05) is 18.0 Å². The standard InChI is InChI=1S/C16H23NO2S/c1-3-10-17(11-12-8-9-12)13-6-5-7-14(20-4-2)15(13)16(18)19/h5-7,12H,3-4,8-11H2,1-2H3,(H,18,19). The second-order valence-corrected chi connectivity index (χ2v) is 6.58. The van der Waals surface area contributed by atoms with Gasteiger partial charge < -0.3 is 10.0 Å². The van der Waals surface area contributed by atoms with Gasteiger partial charge >= 0.3 is 5.97 Å². The van der Waals surface area contributed by atoms with Crippen LogP contribution in [0.5, 0.6) is 0 Å². The second-order valence-electron chi connectivity index (χ2n) is 5.28. The molecular weight excluding hydrogens is 270 g/mol. The van der Waals surface area contributed by atoms with E-state index in [1.54, 1.807) is 11.8 Å². The summed E-state index contributed by atoms with van der Waals surface area (Å²) < 4.78 is 0. The normalized spacial score (nSPS) is 14.3. The lowest BCUT2D eigenvalue weighted by Gasteiger charge is -2.26. The number of hydrogen-bond acceptors (Lipinski definition) is 3. The first-order valence-electron chi connectivity index (χ1n) is 7.41. The maximum Gasteiger partial charge on any atom is 0.338 e. The zero-order valence-electron chi connectivity index (χ0n) is 12.3. The average Bonchev–Trinajstić information content (AvgIpc) is 3.22.